The SMILES string of the molecule is Cc1ccc(CCC(=O)C(C)c2ccc(NS(C)(=O)=O)c(F)c2)c(OCc2ccccn2)n1. The number of pyridine rings is 2. The van der Waals surface area contributed by atoms with E-state index in [0.29, 0.717) is 17.9 Å². The predicted octanol–water partition coefficient (Wildman–Crippen LogP) is 4.18. The number of aryl methyl sites for hydroxylation is 2. The van der Waals surface area contributed by atoms with Crippen molar-refractivity contribution >= 4 is 21.5 Å². The highest BCUT2D eigenvalue weighted by atomic mass is 32.2. The molecular weight excluding hydrogens is 445 g/mol. The van der Waals surface area contributed by atoms with Crippen LogP contribution in [0.25, 0.3) is 0 Å². The average molecular weight is 472 g/mol. The molecule has 3 aromatic rings. The quantitative estimate of drug-likeness (QED) is 0.476. The van der Waals surface area contributed by atoms with Crippen LogP contribution in [0.1, 0.15) is 41.8 Å². The van der Waals surface area contributed by atoms with E-state index in [-0.39, 0.29) is 24.5 Å². The van der Waals surface area contributed by atoms with Crippen LogP contribution in [0.2, 0.25) is 0 Å². The summed E-state index contributed by atoms with van der Waals surface area (Å²) in [6, 6.07) is 13.4. The topological polar surface area (TPSA) is 98.2 Å². The van der Waals surface area contributed by atoms with E-state index < -0.39 is 21.8 Å². The van der Waals surface area contributed by atoms with E-state index in [1.54, 1.807) is 19.2 Å². The maximum atomic E-state index is 14.3. The second-order valence-electron chi connectivity index (χ2n) is 7.83. The van der Waals surface area contributed by atoms with Gasteiger partial charge in [-0.05, 0) is 49.2 Å². The number of aromatic nitrogens is 2. The Morgan fingerprint density at radius 1 is 1.18 bits per heavy atom. The molecule has 1 N–H and O–H groups in total. The van der Waals surface area contributed by atoms with E-state index in [9.17, 15) is 17.6 Å². The lowest BCUT2D eigenvalue weighted by Crippen LogP contribution is -2.13. The van der Waals surface area contributed by atoms with Crippen LogP contribution >= 0.6 is 0 Å². The summed E-state index contributed by atoms with van der Waals surface area (Å²) in [5.74, 6) is -0.897. The van der Waals surface area contributed by atoms with Crippen LogP contribution in [0, 0.1) is 12.7 Å². The summed E-state index contributed by atoms with van der Waals surface area (Å²) in [4.78, 5) is 21.5. The van der Waals surface area contributed by atoms with Gasteiger partial charge in [-0.2, -0.15) is 0 Å². The van der Waals surface area contributed by atoms with Crippen LogP contribution in [0.15, 0.2) is 54.7 Å². The molecule has 0 radical (unpaired) electrons. The number of nitrogens with zero attached hydrogens (tertiary/aromatic N) is 2. The number of ether oxygens (including phenoxy) is 1. The Balaban J connectivity index is 1.66. The molecule has 0 aliphatic rings. The van der Waals surface area contributed by atoms with Crippen molar-refractivity contribution in [3.05, 3.63) is 83.1 Å². The van der Waals surface area contributed by atoms with E-state index in [1.165, 1.54) is 12.1 Å². The number of halogens is 1. The minimum Gasteiger partial charge on any atom is -0.471 e. The molecule has 3 rings (SSSR count). The number of anilines is 1. The number of ketones is 1. The first-order chi connectivity index (χ1) is 15.6. The van der Waals surface area contributed by atoms with Crippen molar-refractivity contribution < 1.29 is 22.3 Å². The summed E-state index contributed by atoms with van der Waals surface area (Å²) in [5.41, 5.74) is 2.70. The number of rotatable bonds is 10. The molecule has 0 fully saturated rings. The first kappa shape index (κ1) is 24.3. The van der Waals surface area contributed by atoms with Crippen molar-refractivity contribution in [3.63, 3.8) is 0 Å². The lowest BCUT2D eigenvalue weighted by atomic mass is 9.93. The molecule has 0 aliphatic carbocycles. The third kappa shape index (κ3) is 7.08. The summed E-state index contributed by atoms with van der Waals surface area (Å²) in [7, 11) is -3.60. The van der Waals surface area contributed by atoms with Gasteiger partial charge in [0.15, 0.2) is 0 Å². The van der Waals surface area contributed by atoms with Gasteiger partial charge in [0.25, 0.3) is 0 Å². The summed E-state index contributed by atoms with van der Waals surface area (Å²) < 4.78 is 44.9. The van der Waals surface area contributed by atoms with Gasteiger partial charge in [-0.3, -0.25) is 14.5 Å². The maximum Gasteiger partial charge on any atom is 0.229 e. The Hall–Kier alpha value is -3.33. The molecule has 1 atom stereocenters. The third-order valence-corrected chi connectivity index (χ3v) is 5.66. The molecule has 1 aromatic carbocycles. The summed E-state index contributed by atoms with van der Waals surface area (Å²) in [6.45, 7) is 3.83. The maximum absolute atomic E-state index is 14.3. The number of hydrogen-bond acceptors (Lipinski definition) is 6. The summed E-state index contributed by atoms with van der Waals surface area (Å²) >= 11 is 0. The zero-order chi connectivity index (χ0) is 24.0. The molecule has 0 aliphatic heterocycles. The molecule has 2 heterocycles. The van der Waals surface area contributed by atoms with Crippen molar-refractivity contribution in [2.24, 2.45) is 0 Å². The highest BCUT2D eigenvalue weighted by molar-refractivity contribution is 7.92. The van der Waals surface area contributed by atoms with Gasteiger partial charge in [0.05, 0.1) is 17.6 Å². The standard InChI is InChI=1S/C24H26FN3O4S/c1-16-7-8-18(24(27-16)32-15-20-6-4-5-13-26-20)10-12-23(29)17(2)19-9-11-22(21(25)14-19)28-33(3,30)31/h4-9,11,13-14,17,28H,10,12,15H2,1-3H3. The van der Waals surface area contributed by atoms with Crippen LogP contribution < -0.4 is 9.46 Å². The Morgan fingerprint density at radius 2 is 1.97 bits per heavy atom. The number of carbonyl (C=O) groups excluding carboxylic acids is 1. The van der Waals surface area contributed by atoms with Crippen LogP contribution in [-0.4, -0.2) is 30.4 Å². The molecule has 9 heteroatoms. The van der Waals surface area contributed by atoms with Crippen LogP contribution in [-0.2, 0) is 27.8 Å². The second kappa shape index (κ2) is 10.5. The Bertz CT molecular complexity index is 1230. The number of benzene rings is 1. The Kier molecular flexibility index (Phi) is 7.75. The molecule has 174 valence electrons. The molecule has 0 saturated carbocycles. The van der Waals surface area contributed by atoms with Gasteiger partial charge in [0.1, 0.15) is 18.2 Å². The molecule has 7 nitrogen and oxygen atoms in total. The lowest BCUT2D eigenvalue weighted by Gasteiger charge is -2.14. The van der Waals surface area contributed by atoms with Crippen LogP contribution in [0.4, 0.5) is 10.1 Å². The van der Waals surface area contributed by atoms with Gasteiger partial charge in [0, 0.05) is 29.8 Å². The molecular formula is C24H26FN3O4S. The van der Waals surface area contributed by atoms with E-state index in [0.717, 1.165) is 23.2 Å². The molecule has 2 aromatic heterocycles. The van der Waals surface area contributed by atoms with Gasteiger partial charge < -0.3 is 4.74 Å². The van der Waals surface area contributed by atoms with Crippen LogP contribution in [0.3, 0.4) is 0 Å². The smallest absolute Gasteiger partial charge is 0.229 e. The molecule has 0 saturated heterocycles. The molecule has 0 bridgehead atoms. The highest BCUT2D eigenvalue weighted by Crippen LogP contribution is 2.25. The van der Waals surface area contributed by atoms with E-state index in [1.807, 2.05) is 37.3 Å². The fraction of sp³-hybridized carbons (Fsp3) is 0.292. The number of hydrogen-bond donors (Lipinski definition) is 1. The van der Waals surface area contributed by atoms with Gasteiger partial charge in [-0.15, -0.1) is 0 Å². The molecule has 0 spiro atoms. The predicted molar refractivity (Wildman–Crippen MR) is 124 cm³/mol. The van der Waals surface area contributed by atoms with Gasteiger partial charge in [-0.1, -0.05) is 25.1 Å². The van der Waals surface area contributed by atoms with E-state index in [2.05, 4.69) is 14.7 Å². The summed E-state index contributed by atoms with van der Waals surface area (Å²) in [5, 5.41) is 0. The number of nitrogens with one attached hydrogen (secondary N) is 1. The zero-order valence-corrected chi connectivity index (χ0v) is 19.5. The van der Waals surface area contributed by atoms with Crippen molar-refractivity contribution in [3.8, 4) is 5.88 Å². The Labute approximate surface area is 193 Å². The van der Waals surface area contributed by atoms with E-state index in [4.69, 9.17) is 4.74 Å². The van der Waals surface area contributed by atoms with Crippen molar-refractivity contribution in [2.75, 3.05) is 11.0 Å². The second-order valence-corrected chi connectivity index (χ2v) is 9.58. The van der Waals surface area contributed by atoms with Crippen molar-refractivity contribution in [1.82, 2.24) is 9.97 Å². The van der Waals surface area contributed by atoms with Crippen molar-refractivity contribution in [1.29, 1.82) is 0 Å². The number of sulfonamides is 1. The number of Topliss-reactive ketones (excluding diaryl/α,β-unsaturated/α-hetero) is 1. The summed E-state index contributed by atoms with van der Waals surface area (Å²) in [6.07, 6.45) is 3.28. The van der Waals surface area contributed by atoms with Gasteiger partial charge >= 0.3 is 0 Å². The minimum atomic E-state index is -3.60. The van der Waals surface area contributed by atoms with Crippen LogP contribution in [0.5, 0.6) is 5.88 Å². The number of carbonyl (C=O) groups is 1. The van der Waals surface area contributed by atoms with Crippen molar-refractivity contribution in [2.45, 2.75) is 39.2 Å². The highest BCUT2D eigenvalue weighted by Gasteiger charge is 2.19. The van der Waals surface area contributed by atoms with Gasteiger partial charge in [0.2, 0.25) is 15.9 Å². The Morgan fingerprint density at radius 3 is 2.64 bits per heavy atom. The zero-order valence-electron chi connectivity index (χ0n) is 18.7. The fourth-order valence-electron chi connectivity index (χ4n) is 3.25. The normalized spacial score (nSPS) is 12.2. The monoisotopic (exact) mass is 471 g/mol. The van der Waals surface area contributed by atoms with E-state index >= 15 is 0 Å². The first-order valence-electron chi connectivity index (χ1n) is 10.4. The molecule has 1 unspecified atom stereocenters. The fourth-order valence-corrected chi connectivity index (χ4v) is 3.81. The lowest BCUT2D eigenvalue weighted by molar-refractivity contribution is -0.120. The average Bonchev–Trinajstić information content (AvgIpc) is 2.77. The van der Waals surface area contributed by atoms with Gasteiger partial charge in [-0.25, -0.2) is 17.8 Å². The largest absolute Gasteiger partial charge is 0.471 e. The minimum absolute atomic E-state index is 0.0746. The third-order valence-electron chi connectivity index (χ3n) is 5.07. The first-order valence-corrected chi connectivity index (χ1v) is 12.3. The molecule has 0 amide bonds. The molecule has 33 heavy (non-hydrogen) atoms.